The van der Waals surface area contributed by atoms with E-state index in [2.05, 4.69) is 32.1 Å². The Balaban J connectivity index is 1.38. The first-order chi connectivity index (χ1) is 19.6. The molecule has 1 amide bonds. The summed E-state index contributed by atoms with van der Waals surface area (Å²) in [4.78, 5) is 37.2. The normalized spacial score (nSPS) is 16.3. The zero-order valence-electron chi connectivity index (χ0n) is 22.0. The van der Waals surface area contributed by atoms with Crippen LogP contribution in [0, 0.1) is 11.8 Å². The van der Waals surface area contributed by atoms with E-state index < -0.39 is 34.9 Å². The summed E-state index contributed by atoms with van der Waals surface area (Å²) in [6.07, 6.45) is -1.01. The van der Waals surface area contributed by atoms with E-state index in [1.165, 1.54) is 18.2 Å². The lowest BCUT2D eigenvalue weighted by molar-refractivity contribution is -0.143. The molecule has 0 bridgehead atoms. The fourth-order valence-corrected chi connectivity index (χ4v) is 5.00. The van der Waals surface area contributed by atoms with Crippen LogP contribution in [0.4, 0.5) is 29.6 Å². The molecule has 9 nitrogen and oxygen atoms in total. The van der Waals surface area contributed by atoms with E-state index in [-0.39, 0.29) is 11.9 Å². The molecule has 0 spiro atoms. The molecule has 5 rings (SSSR count). The van der Waals surface area contributed by atoms with Crippen LogP contribution in [0.15, 0.2) is 48.8 Å². The molecule has 1 aromatic carbocycles. The number of nitrogens with zero attached hydrogens (tertiary/aromatic N) is 4. The lowest BCUT2D eigenvalue weighted by Crippen LogP contribution is -2.36. The fourth-order valence-electron chi connectivity index (χ4n) is 5.00. The molecule has 2 fully saturated rings. The highest BCUT2D eigenvalue weighted by molar-refractivity contribution is 5.87. The smallest absolute Gasteiger partial charge is 0.420 e. The van der Waals surface area contributed by atoms with Crippen molar-refractivity contribution in [1.29, 1.82) is 0 Å². The summed E-state index contributed by atoms with van der Waals surface area (Å²) >= 11 is 0. The van der Waals surface area contributed by atoms with Gasteiger partial charge in [-0.2, -0.15) is 13.2 Å². The third kappa shape index (κ3) is 5.94. The van der Waals surface area contributed by atoms with Gasteiger partial charge in [-0.1, -0.05) is 24.1 Å². The molecule has 2 N–H and O–H groups in total. The Labute approximate surface area is 233 Å². The van der Waals surface area contributed by atoms with Crippen molar-refractivity contribution < 1.29 is 32.6 Å². The van der Waals surface area contributed by atoms with Gasteiger partial charge in [-0.05, 0) is 55.4 Å². The highest BCUT2D eigenvalue weighted by atomic mass is 19.4. The molecule has 3 aromatic rings. The summed E-state index contributed by atoms with van der Waals surface area (Å²) < 4.78 is 46.3. The van der Waals surface area contributed by atoms with Gasteiger partial charge in [0.1, 0.15) is 11.3 Å². The second-order valence-electron chi connectivity index (χ2n) is 9.96. The van der Waals surface area contributed by atoms with E-state index in [0.29, 0.717) is 61.8 Å². The number of ether oxygens (including phenoxy) is 1. The molecule has 0 unspecified atom stereocenters. The summed E-state index contributed by atoms with van der Waals surface area (Å²) in [7, 11) is 1.30. The van der Waals surface area contributed by atoms with E-state index in [9.17, 15) is 22.8 Å². The number of halogens is 3. The quantitative estimate of drug-likeness (QED) is 0.324. The number of alkyl halides is 3. The number of benzene rings is 1. The maximum absolute atomic E-state index is 13.8. The Morgan fingerprint density at radius 3 is 2.41 bits per heavy atom. The van der Waals surface area contributed by atoms with E-state index in [1.54, 1.807) is 36.4 Å². The summed E-state index contributed by atoms with van der Waals surface area (Å²) in [5.74, 6) is 4.95. The van der Waals surface area contributed by atoms with Gasteiger partial charge < -0.3 is 20.1 Å². The zero-order valence-corrected chi connectivity index (χ0v) is 22.0. The molecular weight excluding hydrogens is 539 g/mol. The van der Waals surface area contributed by atoms with Crippen LogP contribution in [-0.2, 0) is 21.1 Å². The van der Waals surface area contributed by atoms with Crippen molar-refractivity contribution in [3.63, 3.8) is 0 Å². The molecule has 0 radical (unpaired) electrons. The van der Waals surface area contributed by atoms with Crippen molar-refractivity contribution in [3.05, 3.63) is 76.9 Å². The third-order valence-electron chi connectivity index (χ3n) is 7.40. The molecule has 1 saturated heterocycles. The first kappa shape index (κ1) is 27.9. The minimum Gasteiger partial charge on any atom is -0.468 e. The first-order valence-electron chi connectivity index (χ1n) is 13.0. The molecule has 212 valence electrons. The summed E-state index contributed by atoms with van der Waals surface area (Å²) in [6.45, 7) is 0.859. The molecular formula is C29H26F3N5O4. The lowest BCUT2D eigenvalue weighted by atomic mass is 9.91. The SMILES string of the molecule is COC(=O)C1(c2ccccc2C#Cc2nc(Nc3ccc(C4CCN(C(=O)O)CC4)nc3)ncc2C(F)(F)F)CC1. The number of carbonyl (C=O) groups excluding carboxylic acids is 1. The summed E-state index contributed by atoms with van der Waals surface area (Å²) in [5.41, 5.74) is -0.122. The van der Waals surface area contributed by atoms with Crippen LogP contribution in [0.1, 0.15) is 59.7 Å². The lowest BCUT2D eigenvalue weighted by Gasteiger charge is -2.29. The molecule has 1 aliphatic heterocycles. The minimum atomic E-state index is -4.73. The standard InChI is InChI=1S/C29H26F3N5O4/c1-41-25(38)28(12-13-28)21-5-3-2-4-18(21)6-8-24-22(29(30,31)32)17-34-26(36-24)35-20-7-9-23(33-16-20)19-10-14-37(15-11-19)27(39)40/h2-5,7,9,16-17,19H,10-15H2,1H3,(H,39,40)(H,34,35,36). The Morgan fingerprint density at radius 1 is 1.07 bits per heavy atom. The fraction of sp³-hybridized carbons (Fsp3) is 0.345. The van der Waals surface area contributed by atoms with Crippen molar-refractivity contribution in [2.75, 3.05) is 25.5 Å². The summed E-state index contributed by atoms with van der Waals surface area (Å²) in [5, 5.41) is 12.0. The van der Waals surface area contributed by atoms with Gasteiger partial charge in [-0.15, -0.1) is 0 Å². The van der Waals surface area contributed by atoms with Crippen molar-refractivity contribution in [2.24, 2.45) is 0 Å². The molecule has 2 aliphatic rings. The van der Waals surface area contributed by atoms with Gasteiger partial charge in [0.05, 0.1) is 24.4 Å². The van der Waals surface area contributed by atoms with Crippen LogP contribution in [0.2, 0.25) is 0 Å². The van der Waals surface area contributed by atoms with Gasteiger partial charge in [-0.3, -0.25) is 9.78 Å². The van der Waals surface area contributed by atoms with E-state index in [1.807, 2.05) is 0 Å². The molecule has 3 heterocycles. The number of anilines is 2. The van der Waals surface area contributed by atoms with Gasteiger partial charge in [0, 0.05) is 36.5 Å². The number of rotatable bonds is 5. The summed E-state index contributed by atoms with van der Waals surface area (Å²) in [6, 6.07) is 10.3. The highest BCUT2D eigenvalue weighted by Gasteiger charge is 2.53. The molecule has 1 aliphatic carbocycles. The van der Waals surface area contributed by atoms with Gasteiger partial charge in [0.15, 0.2) is 0 Å². The molecule has 2 aromatic heterocycles. The number of hydrogen-bond acceptors (Lipinski definition) is 7. The van der Waals surface area contributed by atoms with Crippen molar-refractivity contribution in [1.82, 2.24) is 19.9 Å². The number of nitrogens with one attached hydrogen (secondary N) is 1. The number of carboxylic acid groups (broad SMARTS) is 1. The monoisotopic (exact) mass is 565 g/mol. The second kappa shape index (κ2) is 11.1. The van der Waals surface area contributed by atoms with Gasteiger partial charge >= 0.3 is 18.2 Å². The van der Waals surface area contributed by atoms with E-state index in [4.69, 9.17) is 9.84 Å². The number of esters is 1. The van der Waals surface area contributed by atoms with Gasteiger partial charge in [-0.25, -0.2) is 14.8 Å². The molecule has 1 saturated carbocycles. The van der Waals surface area contributed by atoms with Crippen molar-refractivity contribution in [3.8, 4) is 11.8 Å². The molecule has 41 heavy (non-hydrogen) atoms. The average Bonchev–Trinajstić information content (AvgIpc) is 3.78. The van der Waals surface area contributed by atoms with Crippen LogP contribution < -0.4 is 5.32 Å². The number of hydrogen-bond donors (Lipinski definition) is 2. The highest BCUT2D eigenvalue weighted by Crippen LogP contribution is 2.50. The van der Waals surface area contributed by atoms with Crippen LogP contribution in [0.25, 0.3) is 0 Å². The van der Waals surface area contributed by atoms with E-state index >= 15 is 0 Å². The molecule has 0 atom stereocenters. The third-order valence-corrected chi connectivity index (χ3v) is 7.40. The Kier molecular flexibility index (Phi) is 7.53. The number of pyridine rings is 1. The largest absolute Gasteiger partial charge is 0.468 e. The van der Waals surface area contributed by atoms with Crippen LogP contribution in [0.3, 0.4) is 0 Å². The minimum absolute atomic E-state index is 0.0897. The molecule has 12 heteroatoms. The zero-order chi connectivity index (χ0) is 29.2. The number of aromatic nitrogens is 3. The maximum atomic E-state index is 13.8. The van der Waals surface area contributed by atoms with E-state index in [0.717, 1.165) is 5.69 Å². The maximum Gasteiger partial charge on any atom is 0.420 e. The Hall–Kier alpha value is -4.66. The van der Waals surface area contributed by atoms with Gasteiger partial charge in [0.25, 0.3) is 0 Å². The number of amides is 1. The Morgan fingerprint density at radius 2 is 1.80 bits per heavy atom. The van der Waals surface area contributed by atoms with Gasteiger partial charge in [0.2, 0.25) is 5.95 Å². The van der Waals surface area contributed by atoms with Crippen molar-refractivity contribution in [2.45, 2.75) is 43.2 Å². The van der Waals surface area contributed by atoms with Crippen LogP contribution in [0.5, 0.6) is 0 Å². The van der Waals surface area contributed by atoms with Crippen LogP contribution in [-0.4, -0.2) is 57.2 Å². The number of piperidine rings is 1. The topological polar surface area (TPSA) is 118 Å². The Bertz CT molecular complexity index is 1520. The predicted octanol–water partition coefficient (Wildman–Crippen LogP) is 5.10. The van der Waals surface area contributed by atoms with Crippen LogP contribution >= 0.6 is 0 Å². The number of methoxy groups -OCH3 is 1. The van der Waals surface area contributed by atoms with Crippen molar-refractivity contribution >= 4 is 23.7 Å². The number of carbonyl (C=O) groups is 2. The number of likely N-dealkylation sites (tertiary alicyclic amines) is 1. The predicted molar refractivity (Wildman–Crippen MR) is 141 cm³/mol. The first-order valence-corrected chi connectivity index (χ1v) is 13.0. The average molecular weight is 566 g/mol. The second-order valence-corrected chi connectivity index (χ2v) is 9.96.